The zero-order valence-corrected chi connectivity index (χ0v) is 11.2. The van der Waals surface area contributed by atoms with E-state index >= 15 is 0 Å². The fourth-order valence-corrected chi connectivity index (χ4v) is 2.44. The highest BCUT2D eigenvalue weighted by atomic mass is 16.1. The Bertz CT molecular complexity index is 443. The molecule has 18 heavy (non-hydrogen) atoms. The number of rotatable bonds is 4. The molecule has 0 saturated carbocycles. The summed E-state index contributed by atoms with van der Waals surface area (Å²) in [6.45, 7) is 4.93. The monoisotopic (exact) mass is 250 g/mol. The van der Waals surface area contributed by atoms with Crippen LogP contribution in [0, 0.1) is 0 Å². The summed E-state index contributed by atoms with van der Waals surface area (Å²) in [6, 6.07) is 0.335. The average molecular weight is 250 g/mol. The van der Waals surface area contributed by atoms with E-state index in [1.54, 1.807) is 17.0 Å². The number of hydrogen-bond donors (Lipinski definition) is 1. The van der Waals surface area contributed by atoms with Crippen LogP contribution in [0.4, 0.5) is 5.82 Å². The second-order valence-electron chi connectivity index (χ2n) is 5.02. The Morgan fingerprint density at radius 1 is 1.56 bits per heavy atom. The lowest BCUT2D eigenvalue weighted by Gasteiger charge is -2.30. The van der Waals surface area contributed by atoms with Crippen LogP contribution in [-0.2, 0) is 6.54 Å². The van der Waals surface area contributed by atoms with E-state index in [-0.39, 0.29) is 5.56 Å². The van der Waals surface area contributed by atoms with Crippen molar-refractivity contribution in [3.63, 3.8) is 0 Å². The maximum atomic E-state index is 12.1. The normalized spacial score (nSPS) is 20.9. The second kappa shape index (κ2) is 6.00. The first-order valence-electron chi connectivity index (χ1n) is 6.71. The molecule has 2 rings (SSSR count). The van der Waals surface area contributed by atoms with Crippen LogP contribution in [-0.4, -0.2) is 40.6 Å². The second-order valence-corrected chi connectivity index (χ2v) is 5.02. The Labute approximate surface area is 108 Å². The van der Waals surface area contributed by atoms with E-state index in [1.807, 2.05) is 0 Å². The van der Waals surface area contributed by atoms with Crippen molar-refractivity contribution in [2.75, 3.05) is 25.5 Å². The zero-order valence-electron chi connectivity index (χ0n) is 11.2. The van der Waals surface area contributed by atoms with Crippen molar-refractivity contribution in [2.24, 2.45) is 0 Å². The molecule has 1 aliphatic rings. The highest BCUT2D eigenvalue weighted by Crippen LogP contribution is 2.11. The topological polar surface area (TPSA) is 50.2 Å². The third-order valence-corrected chi connectivity index (χ3v) is 3.34. The van der Waals surface area contributed by atoms with Crippen molar-refractivity contribution in [3.05, 3.63) is 22.7 Å². The summed E-state index contributed by atoms with van der Waals surface area (Å²) in [6.07, 6.45) is 6.68. The molecule has 1 aromatic heterocycles. The summed E-state index contributed by atoms with van der Waals surface area (Å²) in [4.78, 5) is 18.6. The molecule has 1 unspecified atom stereocenters. The minimum atomic E-state index is -0.00687. The summed E-state index contributed by atoms with van der Waals surface area (Å²) in [5.41, 5.74) is -0.00687. The van der Waals surface area contributed by atoms with Crippen molar-refractivity contribution in [1.29, 1.82) is 0 Å². The van der Waals surface area contributed by atoms with E-state index in [4.69, 9.17) is 0 Å². The summed E-state index contributed by atoms with van der Waals surface area (Å²) in [5.74, 6) is 0.492. The van der Waals surface area contributed by atoms with Gasteiger partial charge in [0.2, 0.25) is 0 Å². The molecule has 1 saturated heterocycles. The number of likely N-dealkylation sites (N-methyl/N-ethyl adjacent to an activating group) is 1. The number of nitrogens with zero attached hydrogens (tertiary/aromatic N) is 3. The third-order valence-electron chi connectivity index (χ3n) is 3.34. The van der Waals surface area contributed by atoms with Crippen molar-refractivity contribution in [3.8, 4) is 0 Å². The molecule has 1 fully saturated rings. The number of likely N-dealkylation sites (tertiary alicyclic amines) is 1. The summed E-state index contributed by atoms with van der Waals surface area (Å²) < 4.78 is 1.72. The molecule has 100 valence electrons. The minimum Gasteiger partial charge on any atom is -0.361 e. The molecule has 0 amide bonds. The molecule has 1 atom stereocenters. The fourth-order valence-electron chi connectivity index (χ4n) is 2.44. The first-order chi connectivity index (χ1) is 8.70. The molecule has 0 bridgehead atoms. The van der Waals surface area contributed by atoms with Gasteiger partial charge in [-0.05, 0) is 32.9 Å². The Kier molecular flexibility index (Phi) is 4.36. The number of aryl methyl sites for hydroxylation is 1. The molecule has 0 aliphatic carbocycles. The van der Waals surface area contributed by atoms with Gasteiger partial charge in [-0.2, -0.15) is 0 Å². The zero-order chi connectivity index (χ0) is 13.0. The molecule has 1 aliphatic heterocycles. The highest BCUT2D eigenvalue weighted by molar-refractivity contribution is 5.32. The van der Waals surface area contributed by atoms with Gasteiger partial charge in [0.15, 0.2) is 5.82 Å². The molecule has 1 aromatic rings. The Balaban J connectivity index is 2.09. The molecular formula is C13H22N4O. The van der Waals surface area contributed by atoms with Crippen LogP contribution < -0.4 is 10.9 Å². The van der Waals surface area contributed by atoms with Crippen LogP contribution in [0.25, 0.3) is 0 Å². The van der Waals surface area contributed by atoms with E-state index in [2.05, 4.69) is 29.2 Å². The van der Waals surface area contributed by atoms with Gasteiger partial charge in [0, 0.05) is 31.5 Å². The third kappa shape index (κ3) is 3.10. The van der Waals surface area contributed by atoms with Gasteiger partial charge in [-0.3, -0.25) is 4.79 Å². The molecule has 1 N–H and O–H groups in total. The van der Waals surface area contributed by atoms with E-state index in [9.17, 15) is 4.79 Å². The summed E-state index contributed by atoms with van der Waals surface area (Å²) in [5, 5.41) is 3.29. The van der Waals surface area contributed by atoms with Gasteiger partial charge < -0.3 is 14.8 Å². The molecule has 5 heteroatoms. The van der Waals surface area contributed by atoms with Crippen LogP contribution >= 0.6 is 0 Å². The van der Waals surface area contributed by atoms with Crippen molar-refractivity contribution in [2.45, 2.75) is 38.8 Å². The first-order valence-corrected chi connectivity index (χ1v) is 6.71. The maximum absolute atomic E-state index is 12.1. The van der Waals surface area contributed by atoms with Gasteiger partial charge >= 0.3 is 0 Å². The maximum Gasteiger partial charge on any atom is 0.293 e. The Morgan fingerprint density at radius 3 is 3.11 bits per heavy atom. The predicted molar refractivity (Wildman–Crippen MR) is 72.9 cm³/mol. The van der Waals surface area contributed by atoms with E-state index in [0.717, 1.165) is 32.5 Å². The number of aromatic nitrogens is 2. The standard InChI is InChI=1S/C13H22N4O/c1-3-7-17-9-6-14-12(13(17)18)15-11-5-4-8-16(2)10-11/h6,9,11H,3-5,7-8,10H2,1-2H3,(H,14,15). The number of piperidine rings is 1. The SMILES string of the molecule is CCCn1ccnc(NC2CCCN(C)C2)c1=O. The molecule has 2 heterocycles. The quantitative estimate of drug-likeness (QED) is 0.871. The van der Waals surface area contributed by atoms with Crippen molar-refractivity contribution < 1.29 is 0 Å². The molecule has 0 radical (unpaired) electrons. The van der Waals surface area contributed by atoms with Gasteiger partial charge in [0.05, 0.1) is 0 Å². The van der Waals surface area contributed by atoms with Crippen LogP contribution in [0.15, 0.2) is 17.2 Å². The summed E-state index contributed by atoms with van der Waals surface area (Å²) in [7, 11) is 2.11. The van der Waals surface area contributed by atoms with Crippen molar-refractivity contribution in [1.82, 2.24) is 14.5 Å². The van der Waals surface area contributed by atoms with Crippen LogP contribution in [0.2, 0.25) is 0 Å². The van der Waals surface area contributed by atoms with Gasteiger partial charge in [-0.25, -0.2) is 4.98 Å². The first kappa shape index (κ1) is 13.1. The van der Waals surface area contributed by atoms with Crippen LogP contribution in [0.3, 0.4) is 0 Å². The average Bonchev–Trinajstić information content (AvgIpc) is 2.35. The number of anilines is 1. The number of nitrogens with one attached hydrogen (secondary N) is 1. The Hall–Kier alpha value is -1.36. The highest BCUT2D eigenvalue weighted by Gasteiger charge is 2.18. The van der Waals surface area contributed by atoms with Gasteiger partial charge in [-0.15, -0.1) is 0 Å². The molecule has 0 aromatic carbocycles. The smallest absolute Gasteiger partial charge is 0.293 e. The Morgan fingerprint density at radius 2 is 2.39 bits per heavy atom. The van der Waals surface area contributed by atoms with Crippen LogP contribution in [0.1, 0.15) is 26.2 Å². The van der Waals surface area contributed by atoms with Gasteiger partial charge in [0.1, 0.15) is 0 Å². The largest absolute Gasteiger partial charge is 0.361 e. The lowest BCUT2D eigenvalue weighted by atomic mass is 10.1. The fraction of sp³-hybridized carbons (Fsp3) is 0.692. The molecule has 5 nitrogen and oxygen atoms in total. The lowest BCUT2D eigenvalue weighted by Crippen LogP contribution is -2.41. The molecule has 0 spiro atoms. The predicted octanol–water partition coefficient (Wildman–Crippen LogP) is 1.16. The molecular weight excluding hydrogens is 228 g/mol. The minimum absolute atomic E-state index is 0.00687. The van der Waals surface area contributed by atoms with E-state index < -0.39 is 0 Å². The summed E-state index contributed by atoms with van der Waals surface area (Å²) >= 11 is 0. The van der Waals surface area contributed by atoms with E-state index in [1.165, 1.54) is 6.42 Å². The van der Waals surface area contributed by atoms with Crippen molar-refractivity contribution >= 4 is 5.82 Å². The van der Waals surface area contributed by atoms with Crippen LogP contribution in [0.5, 0.6) is 0 Å². The van der Waals surface area contributed by atoms with Gasteiger partial charge in [-0.1, -0.05) is 6.92 Å². The van der Waals surface area contributed by atoms with E-state index in [0.29, 0.717) is 11.9 Å². The lowest BCUT2D eigenvalue weighted by molar-refractivity contribution is 0.260. The number of hydrogen-bond acceptors (Lipinski definition) is 4. The van der Waals surface area contributed by atoms with Gasteiger partial charge in [0.25, 0.3) is 5.56 Å².